The number of nitrogens with zero attached hydrogens (tertiary/aromatic N) is 2. The van der Waals surface area contributed by atoms with Crippen molar-refractivity contribution in [2.45, 2.75) is 38.1 Å². The van der Waals surface area contributed by atoms with E-state index in [-0.39, 0.29) is 0 Å². The summed E-state index contributed by atoms with van der Waals surface area (Å²) in [6.45, 7) is 0.290. The summed E-state index contributed by atoms with van der Waals surface area (Å²) in [5.41, 5.74) is 7.94. The highest BCUT2D eigenvalue weighted by Crippen LogP contribution is 2.38. The summed E-state index contributed by atoms with van der Waals surface area (Å²) < 4.78 is 5.10. The summed E-state index contributed by atoms with van der Waals surface area (Å²) in [5.74, 6) is 1.80. The molecule has 0 spiro atoms. The topological polar surface area (TPSA) is 64.9 Å². The van der Waals surface area contributed by atoms with Gasteiger partial charge < -0.3 is 10.3 Å². The van der Waals surface area contributed by atoms with Crippen LogP contribution in [0.4, 0.5) is 0 Å². The lowest BCUT2D eigenvalue weighted by Crippen LogP contribution is -1.98. The first-order valence-corrected chi connectivity index (χ1v) is 6.50. The van der Waals surface area contributed by atoms with E-state index in [1.165, 1.54) is 31.2 Å². The van der Waals surface area contributed by atoms with Gasteiger partial charge in [-0.2, -0.15) is 4.98 Å². The minimum atomic E-state index is 0.290. The molecule has 0 amide bonds. The van der Waals surface area contributed by atoms with Gasteiger partial charge in [0.05, 0.1) is 6.54 Å². The molecule has 18 heavy (non-hydrogen) atoms. The van der Waals surface area contributed by atoms with Crippen molar-refractivity contribution in [2.24, 2.45) is 5.73 Å². The molecule has 4 heteroatoms. The molecule has 94 valence electrons. The van der Waals surface area contributed by atoms with Gasteiger partial charge in [0, 0.05) is 5.56 Å². The van der Waals surface area contributed by atoms with Crippen molar-refractivity contribution in [3.63, 3.8) is 0 Å². The Morgan fingerprint density at radius 1 is 1.22 bits per heavy atom. The Morgan fingerprint density at radius 3 is 2.72 bits per heavy atom. The van der Waals surface area contributed by atoms with Crippen LogP contribution in [0.25, 0.3) is 11.4 Å². The highest BCUT2D eigenvalue weighted by molar-refractivity contribution is 5.60. The second-order valence-corrected chi connectivity index (χ2v) is 4.78. The van der Waals surface area contributed by atoms with Gasteiger partial charge in [0.2, 0.25) is 11.7 Å². The summed E-state index contributed by atoms with van der Waals surface area (Å²) >= 11 is 0. The van der Waals surface area contributed by atoms with Crippen molar-refractivity contribution < 1.29 is 4.52 Å². The van der Waals surface area contributed by atoms with Gasteiger partial charge in [-0.05, 0) is 24.3 Å². The van der Waals surface area contributed by atoms with Gasteiger partial charge >= 0.3 is 0 Å². The minimum Gasteiger partial charge on any atom is -0.338 e. The van der Waals surface area contributed by atoms with Crippen LogP contribution in [0, 0.1) is 0 Å². The van der Waals surface area contributed by atoms with Crippen LogP contribution in [0.2, 0.25) is 0 Å². The second kappa shape index (κ2) is 4.90. The molecule has 0 atom stereocenters. The van der Waals surface area contributed by atoms with Crippen LogP contribution in [0.5, 0.6) is 0 Å². The van der Waals surface area contributed by atoms with Gasteiger partial charge in [-0.15, -0.1) is 0 Å². The van der Waals surface area contributed by atoms with Crippen LogP contribution in [0.3, 0.4) is 0 Å². The zero-order valence-electron chi connectivity index (χ0n) is 10.3. The molecule has 1 aromatic heterocycles. The normalized spacial score (nSPS) is 16.3. The summed E-state index contributed by atoms with van der Waals surface area (Å²) in [5, 5.41) is 4.02. The molecule has 0 radical (unpaired) electrons. The van der Waals surface area contributed by atoms with E-state index in [0.717, 1.165) is 5.56 Å². The van der Waals surface area contributed by atoms with Crippen LogP contribution in [0.15, 0.2) is 28.8 Å². The largest absolute Gasteiger partial charge is 0.338 e. The SMILES string of the molecule is NCc1nc(-c2ccccc2C2CCCC2)no1. The molecule has 2 aromatic rings. The molecular formula is C14H17N3O. The number of aromatic nitrogens is 2. The third-order valence-corrected chi connectivity index (χ3v) is 3.64. The summed E-state index contributed by atoms with van der Waals surface area (Å²) in [6, 6.07) is 8.36. The third-order valence-electron chi connectivity index (χ3n) is 3.64. The quantitative estimate of drug-likeness (QED) is 0.900. The number of hydrogen-bond donors (Lipinski definition) is 1. The standard InChI is InChI=1S/C14H17N3O/c15-9-13-16-14(17-18-13)12-8-4-3-7-11(12)10-5-1-2-6-10/h3-4,7-8,10H,1-2,5-6,9,15H2. The van der Waals surface area contributed by atoms with Crippen molar-refractivity contribution in [3.05, 3.63) is 35.7 Å². The third kappa shape index (κ3) is 2.04. The van der Waals surface area contributed by atoms with E-state index < -0.39 is 0 Å². The Morgan fingerprint density at radius 2 is 2.00 bits per heavy atom. The lowest BCUT2D eigenvalue weighted by molar-refractivity contribution is 0.380. The molecule has 1 aliphatic rings. The number of benzene rings is 1. The van der Waals surface area contributed by atoms with Gasteiger partial charge in [0.25, 0.3) is 0 Å². The fourth-order valence-electron chi connectivity index (χ4n) is 2.74. The molecule has 0 saturated heterocycles. The molecule has 0 aliphatic heterocycles. The van der Waals surface area contributed by atoms with Crippen molar-refractivity contribution in [1.29, 1.82) is 0 Å². The predicted octanol–water partition coefficient (Wildman–Crippen LogP) is 2.85. The molecule has 4 nitrogen and oxygen atoms in total. The minimum absolute atomic E-state index is 0.290. The van der Waals surface area contributed by atoms with Gasteiger partial charge in [-0.1, -0.05) is 42.3 Å². The van der Waals surface area contributed by atoms with Gasteiger partial charge in [0.15, 0.2) is 0 Å². The van der Waals surface area contributed by atoms with Crippen LogP contribution in [0.1, 0.15) is 43.1 Å². The number of nitrogens with two attached hydrogens (primary N) is 1. The highest BCUT2D eigenvalue weighted by Gasteiger charge is 2.21. The molecule has 3 rings (SSSR count). The first-order valence-electron chi connectivity index (χ1n) is 6.50. The van der Waals surface area contributed by atoms with Gasteiger partial charge in [-0.25, -0.2) is 0 Å². The van der Waals surface area contributed by atoms with Crippen molar-refractivity contribution in [2.75, 3.05) is 0 Å². The smallest absolute Gasteiger partial charge is 0.240 e. The van der Waals surface area contributed by atoms with Crippen LogP contribution >= 0.6 is 0 Å². The van der Waals surface area contributed by atoms with E-state index >= 15 is 0 Å². The Kier molecular flexibility index (Phi) is 3.11. The fourth-order valence-corrected chi connectivity index (χ4v) is 2.74. The average molecular weight is 243 g/mol. The number of rotatable bonds is 3. The Balaban J connectivity index is 2.00. The second-order valence-electron chi connectivity index (χ2n) is 4.78. The maximum Gasteiger partial charge on any atom is 0.240 e. The van der Waals surface area contributed by atoms with Crippen molar-refractivity contribution in [1.82, 2.24) is 10.1 Å². The molecule has 1 aromatic carbocycles. The van der Waals surface area contributed by atoms with Crippen LogP contribution < -0.4 is 5.73 Å². The fraction of sp³-hybridized carbons (Fsp3) is 0.429. The maximum absolute atomic E-state index is 5.51. The molecule has 1 heterocycles. The molecule has 1 saturated carbocycles. The van der Waals surface area contributed by atoms with Crippen molar-refractivity contribution in [3.8, 4) is 11.4 Å². The molecule has 1 fully saturated rings. The first-order chi connectivity index (χ1) is 8.88. The zero-order chi connectivity index (χ0) is 12.4. The van der Waals surface area contributed by atoms with E-state index in [2.05, 4.69) is 28.3 Å². The first kappa shape index (κ1) is 11.4. The maximum atomic E-state index is 5.51. The Bertz CT molecular complexity index is 529. The van der Waals surface area contributed by atoms with Crippen molar-refractivity contribution >= 4 is 0 Å². The molecular weight excluding hydrogens is 226 g/mol. The zero-order valence-corrected chi connectivity index (χ0v) is 10.3. The Hall–Kier alpha value is -1.68. The lowest BCUT2D eigenvalue weighted by Gasteiger charge is -2.12. The molecule has 2 N–H and O–H groups in total. The van der Waals surface area contributed by atoms with E-state index in [1.54, 1.807) is 0 Å². The summed E-state index contributed by atoms with van der Waals surface area (Å²) in [4.78, 5) is 4.33. The van der Waals surface area contributed by atoms with E-state index in [9.17, 15) is 0 Å². The molecule has 1 aliphatic carbocycles. The van der Waals surface area contributed by atoms with E-state index in [4.69, 9.17) is 10.3 Å². The van der Waals surface area contributed by atoms with E-state index in [0.29, 0.717) is 24.2 Å². The summed E-state index contributed by atoms with van der Waals surface area (Å²) in [6.07, 6.45) is 5.16. The average Bonchev–Trinajstić information content (AvgIpc) is 3.10. The van der Waals surface area contributed by atoms with Gasteiger partial charge in [-0.3, -0.25) is 0 Å². The van der Waals surface area contributed by atoms with E-state index in [1.807, 2.05) is 6.07 Å². The molecule has 0 unspecified atom stereocenters. The highest BCUT2D eigenvalue weighted by atomic mass is 16.5. The van der Waals surface area contributed by atoms with Crippen LogP contribution in [-0.2, 0) is 6.54 Å². The number of hydrogen-bond acceptors (Lipinski definition) is 4. The predicted molar refractivity (Wildman–Crippen MR) is 68.8 cm³/mol. The van der Waals surface area contributed by atoms with Crippen LogP contribution in [-0.4, -0.2) is 10.1 Å². The Labute approximate surface area is 106 Å². The molecule has 0 bridgehead atoms. The monoisotopic (exact) mass is 243 g/mol. The lowest BCUT2D eigenvalue weighted by atomic mass is 9.92. The van der Waals surface area contributed by atoms with Gasteiger partial charge in [0.1, 0.15) is 0 Å². The summed E-state index contributed by atoms with van der Waals surface area (Å²) in [7, 11) is 0.